The molecule has 0 saturated carbocycles. The summed E-state index contributed by atoms with van der Waals surface area (Å²) in [4.78, 5) is 11.5. The highest BCUT2D eigenvalue weighted by Crippen LogP contribution is 2.33. The van der Waals surface area contributed by atoms with E-state index in [9.17, 15) is 18.3 Å². The maximum absolute atomic E-state index is 13.4. The van der Waals surface area contributed by atoms with Crippen LogP contribution in [-0.2, 0) is 9.84 Å². The van der Waals surface area contributed by atoms with E-state index in [2.05, 4.69) is 42.2 Å². The number of hydrogen-bond donors (Lipinski definition) is 1. The van der Waals surface area contributed by atoms with Crippen LogP contribution in [0.4, 0.5) is 0 Å². The van der Waals surface area contributed by atoms with E-state index in [0.29, 0.717) is 15.7 Å². The van der Waals surface area contributed by atoms with Crippen LogP contribution >= 0.6 is 31.9 Å². The van der Waals surface area contributed by atoms with E-state index < -0.39 is 15.8 Å². The van der Waals surface area contributed by atoms with Crippen molar-refractivity contribution in [3.8, 4) is 16.9 Å². The minimum atomic E-state index is -4.02. The van der Waals surface area contributed by atoms with Gasteiger partial charge in [-0.15, -0.1) is 5.10 Å². The molecule has 0 spiro atoms. The van der Waals surface area contributed by atoms with Crippen LogP contribution in [0.1, 0.15) is 10.4 Å². The molecule has 156 valence electrons. The molecule has 4 rings (SSSR count). The number of aromatic nitrogens is 3. The lowest BCUT2D eigenvalue weighted by Crippen LogP contribution is -2.06. The highest BCUT2D eigenvalue weighted by Gasteiger charge is 2.29. The summed E-state index contributed by atoms with van der Waals surface area (Å²) in [7, 11) is -4.02. The fourth-order valence-electron chi connectivity index (χ4n) is 3.00. The van der Waals surface area contributed by atoms with Gasteiger partial charge in [0.15, 0.2) is 0 Å². The van der Waals surface area contributed by atoms with E-state index in [0.717, 1.165) is 4.47 Å². The SMILES string of the molecule is O=C(O)c1cccc(-n2nnc(S(=O)(=O)c3cccc(Br)c3)c2-c2ccc(Br)cc2)c1. The Balaban J connectivity index is 1.99. The summed E-state index contributed by atoms with van der Waals surface area (Å²) in [6.07, 6.45) is 0. The quantitative estimate of drug-likeness (QED) is 0.367. The van der Waals surface area contributed by atoms with E-state index >= 15 is 0 Å². The lowest BCUT2D eigenvalue weighted by Gasteiger charge is -2.10. The average molecular weight is 563 g/mol. The van der Waals surface area contributed by atoms with Crippen molar-refractivity contribution < 1.29 is 18.3 Å². The van der Waals surface area contributed by atoms with Crippen LogP contribution in [0.3, 0.4) is 0 Å². The van der Waals surface area contributed by atoms with Gasteiger partial charge in [-0.25, -0.2) is 17.9 Å². The molecule has 0 atom stereocenters. The predicted octanol–water partition coefficient (Wildman–Crippen LogP) is 4.99. The molecule has 0 aliphatic rings. The zero-order chi connectivity index (χ0) is 22.2. The van der Waals surface area contributed by atoms with Gasteiger partial charge in [-0.05, 0) is 48.5 Å². The number of sulfone groups is 1. The molecule has 0 aliphatic heterocycles. The van der Waals surface area contributed by atoms with Gasteiger partial charge in [-0.3, -0.25) is 0 Å². The molecule has 0 fully saturated rings. The number of aromatic carboxylic acids is 1. The van der Waals surface area contributed by atoms with E-state index in [1.807, 2.05) is 0 Å². The van der Waals surface area contributed by atoms with Crippen molar-refractivity contribution in [2.24, 2.45) is 0 Å². The normalized spacial score (nSPS) is 11.4. The predicted molar refractivity (Wildman–Crippen MR) is 121 cm³/mol. The minimum Gasteiger partial charge on any atom is -0.478 e. The first kappa shape index (κ1) is 21.4. The highest BCUT2D eigenvalue weighted by molar-refractivity contribution is 9.10. The molecule has 0 radical (unpaired) electrons. The van der Waals surface area contributed by atoms with E-state index in [1.165, 1.54) is 28.9 Å². The fourth-order valence-corrected chi connectivity index (χ4v) is 5.18. The number of nitrogens with zero attached hydrogens (tertiary/aromatic N) is 3. The molecule has 0 bridgehead atoms. The van der Waals surface area contributed by atoms with Gasteiger partial charge in [-0.1, -0.05) is 61.3 Å². The summed E-state index contributed by atoms with van der Waals surface area (Å²) in [5, 5.41) is 17.2. The third-order valence-corrected chi connectivity index (χ3v) is 7.14. The molecule has 1 N–H and O–H groups in total. The molecule has 4 aromatic rings. The average Bonchev–Trinajstić information content (AvgIpc) is 3.20. The Morgan fingerprint density at radius 2 is 1.61 bits per heavy atom. The maximum atomic E-state index is 13.4. The van der Waals surface area contributed by atoms with Crippen LogP contribution in [0.25, 0.3) is 16.9 Å². The summed E-state index contributed by atoms with van der Waals surface area (Å²) in [5.74, 6) is -1.10. The molecule has 0 unspecified atom stereocenters. The van der Waals surface area contributed by atoms with Crippen molar-refractivity contribution in [1.29, 1.82) is 0 Å². The minimum absolute atomic E-state index is 0.0474. The summed E-state index contributed by atoms with van der Waals surface area (Å²) < 4.78 is 29.6. The summed E-state index contributed by atoms with van der Waals surface area (Å²) in [6.45, 7) is 0. The zero-order valence-electron chi connectivity index (χ0n) is 15.6. The molecule has 7 nitrogen and oxygen atoms in total. The van der Waals surface area contributed by atoms with Gasteiger partial charge in [-0.2, -0.15) is 0 Å². The monoisotopic (exact) mass is 561 g/mol. The molecular weight excluding hydrogens is 550 g/mol. The largest absolute Gasteiger partial charge is 0.478 e. The van der Waals surface area contributed by atoms with Crippen LogP contribution in [0.15, 0.2) is 91.7 Å². The van der Waals surface area contributed by atoms with Gasteiger partial charge in [0.1, 0.15) is 5.69 Å². The second-order valence-corrected chi connectivity index (χ2v) is 10.2. The number of carboxylic acid groups (broad SMARTS) is 1. The Labute approximate surface area is 194 Å². The van der Waals surface area contributed by atoms with E-state index in [1.54, 1.807) is 48.5 Å². The van der Waals surface area contributed by atoms with Crippen LogP contribution in [0, 0.1) is 0 Å². The summed E-state index contributed by atoms with van der Waals surface area (Å²) in [6, 6.07) is 19.4. The number of benzene rings is 3. The van der Waals surface area contributed by atoms with Gasteiger partial charge in [0.05, 0.1) is 16.1 Å². The van der Waals surface area contributed by atoms with Crippen molar-refractivity contribution in [3.05, 3.63) is 87.3 Å². The lowest BCUT2D eigenvalue weighted by atomic mass is 10.1. The molecular formula is C21H13Br2N3O4S. The molecule has 3 aromatic carbocycles. The Hall–Kier alpha value is -2.82. The molecule has 0 amide bonds. The molecule has 0 saturated heterocycles. The fraction of sp³-hybridized carbons (Fsp3) is 0. The summed E-state index contributed by atoms with van der Waals surface area (Å²) in [5.41, 5.74) is 1.21. The number of rotatable bonds is 5. The van der Waals surface area contributed by atoms with Gasteiger partial charge in [0.2, 0.25) is 14.9 Å². The van der Waals surface area contributed by atoms with Crippen molar-refractivity contribution in [1.82, 2.24) is 15.0 Å². The molecule has 31 heavy (non-hydrogen) atoms. The third-order valence-electron chi connectivity index (χ3n) is 4.46. The Bertz CT molecular complexity index is 1400. The first-order valence-electron chi connectivity index (χ1n) is 8.83. The van der Waals surface area contributed by atoms with Crippen LogP contribution in [0.5, 0.6) is 0 Å². The van der Waals surface area contributed by atoms with Crippen LogP contribution < -0.4 is 0 Å². The van der Waals surface area contributed by atoms with Crippen LogP contribution in [0.2, 0.25) is 0 Å². The van der Waals surface area contributed by atoms with Gasteiger partial charge >= 0.3 is 5.97 Å². The second kappa shape index (κ2) is 8.37. The van der Waals surface area contributed by atoms with Crippen LogP contribution in [-0.4, -0.2) is 34.5 Å². The number of hydrogen-bond acceptors (Lipinski definition) is 5. The molecule has 0 aliphatic carbocycles. The smallest absolute Gasteiger partial charge is 0.335 e. The van der Waals surface area contributed by atoms with Crippen molar-refractivity contribution >= 4 is 47.7 Å². The Morgan fingerprint density at radius 3 is 2.29 bits per heavy atom. The zero-order valence-corrected chi connectivity index (χ0v) is 19.6. The van der Waals surface area contributed by atoms with Gasteiger partial charge in [0.25, 0.3) is 0 Å². The van der Waals surface area contributed by atoms with Crippen molar-refractivity contribution in [2.75, 3.05) is 0 Å². The maximum Gasteiger partial charge on any atom is 0.335 e. The first-order valence-corrected chi connectivity index (χ1v) is 11.9. The Morgan fingerprint density at radius 1 is 0.903 bits per heavy atom. The molecule has 1 aromatic heterocycles. The molecule has 10 heteroatoms. The van der Waals surface area contributed by atoms with Gasteiger partial charge < -0.3 is 5.11 Å². The Kier molecular flexibility index (Phi) is 5.78. The highest BCUT2D eigenvalue weighted by atomic mass is 79.9. The lowest BCUT2D eigenvalue weighted by molar-refractivity contribution is 0.0697. The van der Waals surface area contributed by atoms with E-state index in [-0.39, 0.29) is 21.2 Å². The number of carboxylic acids is 1. The van der Waals surface area contributed by atoms with Gasteiger partial charge in [0, 0.05) is 14.5 Å². The molecule has 1 heterocycles. The third kappa shape index (κ3) is 4.18. The topological polar surface area (TPSA) is 102 Å². The van der Waals surface area contributed by atoms with E-state index in [4.69, 9.17) is 0 Å². The van der Waals surface area contributed by atoms with Crippen molar-refractivity contribution in [2.45, 2.75) is 9.92 Å². The standard InChI is InChI=1S/C21H13Br2N3O4S/c22-15-9-7-13(8-10-15)19-20(31(29,30)18-6-2-4-16(23)12-18)24-25-26(19)17-5-1-3-14(11-17)21(27)28/h1-12H,(H,27,28). The number of carbonyl (C=O) groups is 1. The van der Waals surface area contributed by atoms with Crippen molar-refractivity contribution in [3.63, 3.8) is 0 Å². The summed E-state index contributed by atoms with van der Waals surface area (Å²) >= 11 is 6.67. The second-order valence-electron chi connectivity index (χ2n) is 6.48. The number of halogens is 2. The first-order chi connectivity index (χ1) is 14.8.